The highest BCUT2D eigenvalue weighted by molar-refractivity contribution is 5.61. The van der Waals surface area contributed by atoms with Crippen LogP contribution in [0.1, 0.15) is 151 Å². The Kier molecular flexibility index (Phi) is 23.7. The summed E-state index contributed by atoms with van der Waals surface area (Å²) < 4.78 is 6.74. The molecule has 1 fully saturated rings. The predicted octanol–water partition coefficient (Wildman–Crippen LogP) is 15.6. The summed E-state index contributed by atoms with van der Waals surface area (Å²) >= 11 is 0. The molecular formula is C67H84N12O. The van der Waals surface area contributed by atoms with Gasteiger partial charge in [0.1, 0.15) is 5.82 Å². The molecule has 0 saturated heterocycles. The van der Waals surface area contributed by atoms with Crippen LogP contribution in [0.2, 0.25) is 0 Å². The summed E-state index contributed by atoms with van der Waals surface area (Å²) in [5.74, 6) is 5.02. The van der Waals surface area contributed by atoms with Gasteiger partial charge in [-0.1, -0.05) is 130 Å². The van der Waals surface area contributed by atoms with Crippen molar-refractivity contribution in [3.05, 3.63) is 199 Å². The molecule has 10 rings (SSSR count). The first kappa shape index (κ1) is 61.2. The molecule has 1 aliphatic carbocycles. The maximum absolute atomic E-state index is 4.96. The maximum Gasteiger partial charge on any atom is 0.222 e. The summed E-state index contributed by atoms with van der Waals surface area (Å²) in [6.45, 7) is 23.1. The molecule has 1 aliphatic rings. The quantitative estimate of drug-likeness (QED) is 0.0975. The van der Waals surface area contributed by atoms with Gasteiger partial charge in [-0.3, -0.25) is 29.6 Å². The fraction of sp³-hybridized carbons (Fsp3) is 0.358. The zero-order valence-corrected chi connectivity index (χ0v) is 49.7. The van der Waals surface area contributed by atoms with Crippen molar-refractivity contribution in [2.45, 2.75) is 118 Å². The number of hydrogen-bond acceptors (Lipinski definition) is 12. The third kappa shape index (κ3) is 19.4. The van der Waals surface area contributed by atoms with Crippen LogP contribution in [-0.2, 0) is 11.8 Å². The number of nitrogens with one attached hydrogen (secondary N) is 1. The molecule has 0 aliphatic heterocycles. The van der Waals surface area contributed by atoms with Crippen LogP contribution in [0.25, 0.3) is 45.0 Å². The molecule has 0 amide bonds. The van der Waals surface area contributed by atoms with E-state index >= 15 is 0 Å². The van der Waals surface area contributed by atoms with E-state index in [0.29, 0.717) is 48.7 Å². The van der Waals surface area contributed by atoms with E-state index in [1.54, 1.807) is 24.2 Å². The Morgan fingerprint density at radius 1 is 0.463 bits per heavy atom. The summed E-state index contributed by atoms with van der Waals surface area (Å²) in [5.41, 5.74) is 15.8. The third-order valence-electron chi connectivity index (χ3n) is 13.4. The highest BCUT2D eigenvalue weighted by Gasteiger charge is 2.24. The minimum atomic E-state index is 0.486. The highest BCUT2D eigenvalue weighted by atomic mass is 16.5. The molecule has 0 unspecified atom stereocenters. The second kappa shape index (κ2) is 30.9. The first-order valence-electron chi connectivity index (χ1n) is 28.0. The Bertz CT molecular complexity index is 3060. The topological polar surface area (TPSA) is 145 Å². The Morgan fingerprint density at radius 3 is 1.26 bits per heavy atom. The zero-order chi connectivity index (χ0) is 57.6. The van der Waals surface area contributed by atoms with Crippen molar-refractivity contribution in [3.8, 4) is 45.0 Å². The summed E-state index contributed by atoms with van der Waals surface area (Å²) in [7, 11) is 7.54. The van der Waals surface area contributed by atoms with Crippen molar-refractivity contribution in [2.75, 3.05) is 44.6 Å². The lowest BCUT2D eigenvalue weighted by Crippen LogP contribution is -2.10. The second-order valence-corrected chi connectivity index (χ2v) is 21.8. The number of pyridine rings is 6. The van der Waals surface area contributed by atoms with E-state index in [9.17, 15) is 0 Å². The molecule has 0 atom stereocenters. The average molecular weight is 1070 g/mol. The van der Waals surface area contributed by atoms with Crippen LogP contribution >= 0.6 is 0 Å². The van der Waals surface area contributed by atoms with Crippen LogP contribution < -0.4 is 10.2 Å². The fourth-order valence-corrected chi connectivity index (χ4v) is 7.83. The number of hydrogen-bond donors (Lipinski definition) is 1. The minimum Gasteiger partial charge on any atom is -0.383 e. The lowest BCUT2D eigenvalue weighted by atomic mass is 10.0. The average Bonchev–Trinajstić information content (AvgIpc) is 4.25. The van der Waals surface area contributed by atoms with Crippen molar-refractivity contribution >= 4 is 11.8 Å². The number of aryl methyl sites for hydroxylation is 1. The molecule has 1 saturated carbocycles. The number of methoxy groups -OCH3 is 1. The molecule has 1 aromatic carbocycles. The van der Waals surface area contributed by atoms with Crippen LogP contribution in [0.4, 0.5) is 11.8 Å². The molecule has 418 valence electrons. The largest absolute Gasteiger partial charge is 0.383 e. The van der Waals surface area contributed by atoms with Gasteiger partial charge in [-0.2, -0.15) is 5.10 Å². The van der Waals surface area contributed by atoms with Crippen LogP contribution in [0, 0.1) is 0 Å². The second-order valence-electron chi connectivity index (χ2n) is 21.8. The number of nitrogens with zero attached hydrogens (tertiary/aromatic N) is 11. The molecule has 13 heteroatoms. The van der Waals surface area contributed by atoms with Crippen LogP contribution in [0.3, 0.4) is 0 Å². The fourth-order valence-electron chi connectivity index (χ4n) is 7.83. The molecule has 9 aromatic rings. The monoisotopic (exact) mass is 1070 g/mol. The lowest BCUT2D eigenvalue weighted by molar-refractivity contribution is 0.210. The van der Waals surface area contributed by atoms with Gasteiger partial charge in [0.15, 0.2) is 0 Å². The van der Waals surface area contributed by atoms with Gasteiger partial charge in [0.2, 0.25) is 5.95 Å². The molecule has 0 spiro atoms. The van der Waals surface area contributed by atoms with Crippen molar-refractivity contribution < 1.29 is 4.74 Å². The smallest absolute Gasteiger partial charge is 0.222 e. The molecule has 13 nitrogen and oxygen atoms in total. The number of rotatable bonds is 15. The number of ether oxygens (including phenoxy) is 1. The van der Waals surface area contributed by atoms with E-state index in [2.05, 4.69) is 186 Å². The summed E-state index contributed by atoms with van der Waals surface area (Å²) in [6.07, 6.45) is 21.7. The molecule has 8 heterocycles. The van der Waals surface area contributed by atoms with E-state index in [1.807, 2.05) is 112 Å². The van der Waals surface area contributed by atoms with Gasteiger partial charge in [-0.15, -0.1) is 0 Å². The maximum atomic E-state index is 4.96. The zero-order valence-electron chi connectivity index (χ0n) is 49.7. The molecule has 0 bridgehead atoms. The Morgan fingerprint density at radius 2 is 0.900 bits per heavy atom. The molecule has 8 aromatic heterocycles. The standard InChI is InChI=1S/C15H20N4O.C15H19N3.C14H15N.C12H15N3.C11H15N/c1-11(2)12-4-5-14(17-8-12)13-9-18-15(19-10-13)16-6-7-20-3;1-11(2)12-5-7-14(16-9-12)13-6-8-15(17-10-13)18(3)4;1-11(2)13-8-9-14(15-10-13)12-6-4-3-5-7-12;1-9(2)10-4-5-12(13-6-10)11-7-14-15(3)8-11;1-8(2)10-5-6-11(12-7-10)9-3-4-9/h4-5,8-11H,6-7H2,1-3H3,(H,16,18,19);5-11H,1-4H3;3-11H,1-2H3;4-9H,1-3H3;5-9H,3-4H2,1-2H3. The van der Waals surface area contributed by atoms with Crippen LogP contribution in [0.15, 0.2) is 165 Å². The third-order valence-corrected chi connectivity index (χ3v) is 13.4. The number of benzene rings is 1. The van der Waals surface area contributed by atoms with E-state index in [4.69, 9.17) is 4.74 Å². The number of aromatic nitrogens is 10. The summed E-state index contributed by atoms with van der Waals surface area (Å²) in [6, 6.07) is 35.4. The van der Waals surface area contributed by atoms with Crippen molar-refractivity contribution in [1.82, 2.24) is 49.7 Å². The Hall–Kier alpha value is -8.03. The highest BCUT2D eigenvalue weighted by Crippen LogP contribution is 2.39. The van der Waals surface area contributed by atoms with Crippen molar-refractivity contribution in [1.29, 1.82) is 0 Å². The SMILES string of the molecule is CC(C)c1ccc(-c2ccc(N(C)C)nc2)nc1.CC(C)c1ccc(-c2ccccc2)nc1.CC(C)c1ccc(-c2cnn(C)c2)nc1.CC(C)c1ccc(C2CC2)nc1.COCCNc1ncc(-c2ccc(C(C)C)cn2)cn1. The van der Waals surface area contributed by atoms with Gasteiger partial charge < -0.3 is 15.0 Å². The lowest BCUT2D eigenvalue weighted by Gasteiger charge is -2.11. The molecular weight excluding hydrogens is 989 g/mol. The van der Waals surface area contributed by atoms with Gasteiger partial charge in [-0.05, 0) is 113 Å². The van der Waals surface area contributed by atoms with E-state index in [0.717, 1.165) is 51.2 Å². The van der Waals surface area contributed by atoms with Crippen LogP contribution in [0.5, 0.6) is 0 Å². The number of anilines is 2. The summed E-state index contributed by atoms with van der Waals surface area (Å²) in [4.78, 5) is 37.2. The van der Waals surface area contributed by atoms with Crippen LogP contribution in [-0.4, -0.2) is 84.0 Å². The first-order valence-corrected chi connectivity index (χ1v) is 28.0. The van der Waals surface area contributed by atoms with Gasteiger partial charge in [-0.25, -0.2) is 15.0 Å². The molecule has 1 N–H and O–H groups in total. The van der Waals surface area contributed by atoms with Crippen molar-refractivity contribution in [3.63, 3.8) is 0 Å². The normalized spacial score (nSPS) is 11.7. The molecule has 0 radical (unpaired) electrons. The van der Waals surface area contributed by atoms with Gasteiger partial charge in [0.05, 0.1) is 35.6 Å². The van der Waals surface area contributed by atoms with Gasteiger partial charge in [0.25, 0.3) is 0 Å². The first-order chi connectivity index (χ1) is 38.5. The Balaban J connectivity index is 0.000000163. The van der Waals surface area contributed by atoms with Crippen molar-refractivity contribution in [2.24, 2.45) is 7.05 Å². The Labute approximate surface area is 476 Å². The van der Waals surface area contributed by atoms with E-state index in [1.165, 1.54) is 51.9 Å². The minimum absolute atomic E-state index is 0.486. The molecule has 80 heavy (non-hydrogen) atoms. The van der Waals surface area contributed by atoms with Gasteiger partial charge >= 0.3 is 0 Å². The predicted molar refractivity (Wildman–Crippen MR) is 330 cm³/mol. The van der Waals surface area contributed by atoms with E-state index < -0.39 is 0 Å². The van der Waals surface area contributed by atoms with Gasteiger partial charge in [0, 0.05) is 124 Å². The summed E-state index contributed by atoms with van der Waals surface area (Å²) in [5, 5.41) is 7.21. The van der Waals surface area contributed by atoms with E-state index in [-0.39, 0.29) is 0 Å².